The molecule has 1 rings (SSSR count). The van der Waals surface area contributed by atoms with Crippen LogP contribution in [0.15, 0.2) is 18.2 Å². The van der Waals surface area contributed by atoms with Gasteiger partial charge in [-0.3, -0.25) is 4.79 Å². The highest BCUT2D eigenvalue weighted by atomic mass is 16.4. The Labute approximate surface area is 81.0 Å². The number of nitrogen functional groups attached to an aromatic ring is 1. The van der Waals surface area contributed by atoms with E-state index in [4.69, 9.17) is 21.7 Å². The van der Waals surface area contributed by atoms with Crippen molar-refractivity contribution in [3.05, 3.63) is 23.8 Å². The maximum Gasteiger partial charge on any atom is 0.320 e. The number of phenolic OH excluding ortho intramolecular Hbond substituents is 1. The molecule has 0 saturated heterocycles. The topological polar surface area (TPSA) is 110 Å². The molecule has 5 heteroatoms. The fraction of sp³-hybridized carbons (Fsp3) is 0.222. The number of carboxylic acid groups (broad SMARTS) is 1. The third kappa shape index (κ3) is 2.37. The fourth-order valence-electron chi connectivity index (χ4n) is 1.09. The molecule has 0 spiro atoms. The van der Waals surface area contributed by atoms with Gasteiger partial charge in [-0.2, -0.15) is 0 Å². The van der Waals surface area contributed by atoms with Gasteiger partial charge < -0.3 is 21.7 Å². The quantitative estimate of drug-likeness (QED) is 0.399. The third-order valence-electron chi connectivity index (χ3n) is 1.88. The summed E-state index contributed by atoms with van der Waals surface area (Å²) >= 11 is 0. The number of aromatic hydroxyl groups is 1. The molecule has 0 bridgehead atoms. The van der Waals surface area contributed by atoms with Crippen molar-refractivity contribution in [2.24, 2.45) is 5.73 Å². The van der Waals surface area contributed by atoms with Crippen LogP contribution in [-0.2, 0) is 11.2 Å². The zero-order valence-electron chi connectivity index (χ0n) is 7.47. The summed E-state index contributed by atoms with van der Waals surface area (Å²) in [4.78, 5) is 10.5. The van der Waals surface area contributed by atoms with Crippen molar-refractivity contribution >= 4 is 11.7 Å². The van der Waals surface area contributed by atoms with Crippen LogP contribution in [-0.4, -0.2) is 22.2 Å². The molecule has 1 aromatic carbocycles. The number of hydrogen-bond donors (Lipinski definition) is 4. The molecule has 1 atom stereocenters. The number of carbonyl (C=O) groups is 1. The zero-order chi connectivity index (χ0) is 10.7. The van der Waals surface area contributed by atoms with E-state index in [0.29, 0.717) is 11.3 Å². The summed E-state index contributed by atoms with van der Waals surface area (Å²) in [5.74, 6) is -1.04. The zero-order valence-corrected chi connectivity index (χ0v) is 7.47. The Morgan fingerprint density at radius 2 is 2.14 bits per heavy atom. The number of aliphatic carboxylic acids is 1. The number of benzene rings is 1. The predicted octanol–water partition coefficient (Wildman–Crippen LogP) is -0.0712. The second-order valence-corrected chi connectivity index (χ2v) is 3.03. The Morgan fingerprint density at radius 3 is 2.71 bits per heavy atom. The van der Waals surface area contributed by atoms with Gasteiger partial charge in [0.05, 0.1) is 0 Å². The first-order chi connectivity index (χ1) is 6.50. The van der Waals surface area contributed by atoms with Gasteiger partial charge in [-0.1, -0.05) is 0 Å². The Bertz CT molecular complexity index is 352. The molecule has 76 valence electrons. The number of hydrogen-bond acceptors (Lipinski definition) is 4. The summed E-state index contributed by atoms with van der Waals surface area (Å²) in [5.41, 5.74) is 11.9. The van der Waals surface area contributed by atoms with Gasteiger partial charge in [-0.15, -0.1) is 0 Å². The minimum Gasteiger partial charge on any atom is -0.508 e. The number of phenols is 1. The SMILES string of the molecule is Nc1ccc(O)cc1CC(N)C(=O)O. The lowest BCUT2D eigenvalue weighted by atomic mass is 10.0. The van der Waals surface area contributed by atoms with Gasteiger partial charge in [0.15, 0.2) is 0 Å². The average Bonchev–Trinajstić information content (AvgIpc) is 2.11. The highest BCUT2D eigenvalue weighted by molar-refractivity contribution is 5.74. The van der Waals surface area contributed by atoms with Crippen molar-refractivity contribution in [2.45, 2.75) is 12.5 Å². The van der Waals surface area contributed by atoms with Crippen LogP contribution in [0.3, 0.4) is 0 Å². The van der Waals surface area contributed by atoms with Crippen molar-refractivity contribution in [1.82, 2.24) is 0 Å². The molecule has 0 fully saturated rings. The Hall–Kier alpha value is -1.75. The molecule has 0 radical (unpaired) electrons. The van der Waals surface area contributed by atoms with Crippen molar-refractivity contribution in [3.8, 4) is 5.75 Å². The van der Waals surface area contributed by atoms with Crippen molar-refractivity contribution in [2.75, 3.05) is 5.73 Å². The maximum absolute atomic E-state index is 10.5. The Balaban J connectivity index is 2.85. The number of anilines is 1. The van der Waals surface area contributed by atoms with Gasteiger partial charge >= 0.3 is 5.97 Å². The standard InChI is InChI=1S/C9H12N2O3/c10-7-2-1-6(12)3-5(7)4-8(11)9(13)14/h1-3,8,12H,4,10-11H2,(H,13,14). The molecular formula is C9H12N2O3. The minimum atomic E-state index is -1.09. The molecule has 0 saturated carbocycles. The highest BCUT2D eigenvalue weighted by Gasteiger charge is 2.13. The van der Waals surface area contributed by atoms with Crippen LogP contribution in [0.5, 0.6) is 5.75 Å². The van der Waals surface area contributed by atoms with Gasteiger partial charge in [-0.25, -0.2) is 0 Å². The van der Waals surface area contributed by atoms with Crippen LogP contribution >= 0.6 is 0 Å². The number of carboxylic acids is 1. The second-order valence-electron chi connectivity index (χ2n) is 3.03. The molecule has 0 amide bonds. The van der Waals surface area contributed by atoms with Gasteiger partial charge in [0.1, 0.15) is 11.8 Å². The summed E-state index contributed by atoms with van der Waals surface area (Å²) in [5, 5.41) is 17.7. The number of rotatable bonds is 3. The molecule has 0 aromatic heterocycles. The summed E-state index contributed by atoms with van der Waals surface area (Å²) in [6.07, 6.45) is 0.107. The van der Waals surface area contributed by atoms with E-state index in [2.05, 4.69) is 0 Å². The molecule has 6 N–H and O–H groups in total. The first-order valence-corrected chi connectivity index (χ1v) is 4.06. The predicted molar refractivity (Wildman–Crippen MR) is 51.8 cm³/mol. The average molecular weight is 196 g/mol. The Kier molecular flexibility index (Phi) is 2.93. The van der Waals surface area contributed by atoms with Crippen LogP contribution < -0.4 is 11.5 Å². The van der Waals surface area contributed by atoms with Gasteiger partial charge in [0.25, 0.3) is 0 Å². The lowest BCUT2D eigenvalue weighted by Crippen LogP contribution is -2.32. The summed E-state index contributed by atoms with van der Waals surface area (Å²) in [6.45, 7) is 0. The summed E-state index contributed by atoms with van der Waals surface area (Å²) in [6, 6.07) is 3.36. The third-order valence-corrected chi connectivity index (χ3v) is 1.88. The monoisotopic (exact) mass is 196 g/mol. The van der Waals surface area contributed by atoms with Gasteiger partial charge in [-0.05, 0) is 23.8 Å². The summed E-state index contributed by atoms with van der Waals surface area (Å²) in [7, 11) is 0. The van der Waals surface area contributed by atoms with Crippen LogP contribution in [0, 0.1) is 0 Å². The van der Waals surface area contributed by atoms with Crippen LogP contribution in [0.2, 0.25) is 0 Å². The molecule has 0 heterocycles. The van der Waals surface area contributed by atoms with E-state index in [1.54, 1.807) is 0 Å². The smallest absolute Gasteiger partial charge is 0.320 e. The fourth-order valence-corrected chi connectivity index (χ4v) is 1.09. The highest BCUT2D eigenvalue weighted by Crippen LogP contribution is 2.19. The maximum atomic E-state index is 10.5. The van der Waals surface area contributed by atoms with Crippen LogP contribution in [0.4, 0.5) is 5.69 Å². The normalized spacial score (nSPS) is 12.4. The van der Waals surface area contributed by atoms with Crippen LogP contribution in [0.1, 0.15) is 5.56 Å². The van der Waals surface area contributed by atoms with E-state index in [0.717, 1.165) is 0 Å². The molecule has 1 aromatic rings. The largest absolute Gasteiger partial charge is 0.508 e. The van der Waals surface area contributed by atoms with E-state index < -0.39 is 12.0 Å². The Morgan fingerprint density at radius 1 is 1.50 bits per heavy atom. The second kappa shape index (κ2) is 3.97. The van der Waals surface area contributed by atoms with Gasteiger partial charge in [0, 0.05) is 12.1 Å². The van der Waals surface area contributed by atoms with Crippen molar-refractivity contribution in [1.29, 1.82) is 0 Å². The number of nitrogens with two attached hydrogens (primary N) is 2. The lowest BCUT2D eigenvalue weighted by Gasteiger charge is -2.09. The first kappa shape index (κ1) is 10.3. The van der Waals surface area contributed by atoms with E-state index >= 15 is 0 Å². The lowest BCUT2D eigenvalue weighted by molar-refractivity contribution is -0.138. The molecule has 1 unspecified atom stereocenters. The van der Waals surface area contributed by atoms with Gasteiger partial charge in [0.2, 0.25) is 0 Å². The van der Waals surface area contributed by atoms with E-state index in [1.807, 2.05) is 0 Å². The molecule has 14 heavy (non-hydrogen) atoms. The van der Waals surface area contributed by atoms with Crippen molar-refractivity contribution < 1.29 is 15.0 Å². The van der Waals surface area contributed by atoms with E-state index in [-0.39, 0.29) is 12.2 Å². The minimum absolute atomic E-state index is 0.0480. The molecule has 0 aliphatic carbocycles. The van der Waals surface area contributed by atoms with Crippen molar-refractivity contribution in [3.63, 3.8) is 0 Å². The molecule has 5 nitrogen and oxygen atoms in total. The van der Waals surface area contributed by atoms with E-state index in [1.165, 1.54) is 18.2 Å². The molecule has 0 aliphatic heterocycles. The summed E-state index contributed by atoms with van der Waals surface area (Å²) < 4.78 is 0. The molecular weight excluding hydrogens is 184 g/mol. The van der Waals surface area contributed by atoms with Crippen LogP contribution in [0.25, 0.3) is 0 Å². The van der Waals surface area contributed by atoms with E-state index in [9.17, 15) is 4.79 Å². The molecule has 0 aliphatic rings. The first-order valence-electron chi connectivity index (χ1n) is 4.06.